The molecule has 1 atom stereocenters. The molecule has 0 amide bonds. The molecule has 0 radical (unpaired) electrons. The smallest absolute Gasteiger partial charge is 0.305 e. The van der Waals surface area contributed by atoms with Gasteiger partial charge in [0.25, 0.3) is 0 Å². The minimum absolute atomic E-state index is 0.0994. The van der Waals surface area contributed by atoms with E-state index in [1.807, 2.05) is 0 Å². The van der Waals surface area contributed by atoms with Gasteiger partial charge < -0.3 is 4.57 Å². The Balaban J connectivity index is 1.91. The number of benzene rings is 1. The number of sulfonamides is 1. The lowest BCUT2D eigenvalue weighted by Crippen LogP contribution is -2.42. The Kier molecular flexibility index (Phi) is 6.55. The van der Waals surface area contributed by atoms with Gasteiger partial charge in [0.05, 0.1) is 34.4 Å². The Morgan fingerprint density at radius 3 is 2.50 bits per heavy atom. The Bertz CT molecular complexity index is 1580. The van der Waals surface area contributed by atoms with Gasteiger partial charge in [-0.25, -0.2) is 12.8 Å². The first-order chi connectivity index (χ1) is 17.0. The van der Waals surface area contributed by atoms with Crippen molar-refractivity contribution in [1.82, 2.24) is 19.3 Å². The molecule has 0 saturated carbocycles. The van der Waals surface area contributed by atoms with Crippen LogP contribution in [0.15, 0.2) is 59.9 Å². The van der Waals surface area contributed by atoms with Crippen LogP contribution in [0, 0.1) is 17.1 Å². The summed E-state index contributed by atoms with van der Waals surface area (Å²) in [6.07, 6.45) is -0.347. The zero-order valence-electron chi connectivity index (χ0n) is 19.0. The predicted molar refractivity (Wildman–Crippen MR) is 124 cm³/mol. The topological polar surface area (TPSA) is 101 Å². The van der Waals surface area contributed by atoms with E-state index >= 15 is 0 Å². The molecule has 7 nitrogen and oxygen atoms in total. The summed E-state index contributed by atoms with van der Waals surface area (Å²) in [5, 5.41) is 10.3. The molecule has 4 rings (SSSR count). The zero-order valence-corrected chi connectivity index (χ0v) is 19.8. The lowest BCUT2D eigenvalue weighted by Gasteiger charge is -2.17. The van der Waals surface area contributed by atoms with Crippen LogP contribution in [0.2, 0.25) is 0 Å². The van der Waals surface area contributed by atoms with Crippen LogP contribution in [0.3, 0.4) is 0 Å². The molecule has 0 bridgehead atoms. The molecule has 0 saturated heterocycles. The van der Waals surface area contributed by atoms with Gasteiger partial charge in [-0.3, -0.25) is 9.97 Å². The van der Waals surface area contributed by atoms with E-state index in [-0.39, 0.29) is 17.0 Å². The van der Waals surface area contributed by atoms with Gasteiger partial charge in [-0.15, -0.1) is 0 Å². The number of aryl methyl sites for hydroxylation is 1. The van der Waals surface area contributed by atoms with Crippen molar-refractivity contribution in [3.05, 3.63) is 71.9 Å². The van der Waals surface area contributed by atoms with Gasteiger partial charge in [0.1, 0.15) is 22.8 Å². The number of nitrogens with zero attached hydrogens (tertiary/aromatic N) is 4. The normalized spacial score (nSPS) is 13.0. The maximum atomic E-state index is 14.7. The van der Waals surface area contributed by atoms with Crippen molar-refractivity contribution in [2.45, 2.75) is 37.4 Å². The van der Waals surface area contributed by atoms with E-state index in [1.54, 1.807) is 46.8 Å². The second-order valence-corrected chi connectivity index (χ2v) is 9.67. The Morgan fingerprint density at radius 1 is 1.19 bits per heavy atom. The highest BCUT2D eigenvalue weighted by molar-refractivity contribution is 7.89. The van der Waals surface area contributed by atoms with Crippen molar-refractivity contribution in [2.24, 2.45) is 0 Å². The number of fused-ring (bicyclic) bond motifs is 1. The lowest BCUT2D eigenvalue weighted by molar-refractivity contribution is -0.147. The summed E-state index contributed by atoms with van der Waals surface area (Å²) in [5.41, 5.74) is 2.02. The number of rotatable bonds is 6. The minimum Gasteiger partial charge on any atom is -0.305 e. The Hall–Kier alpha value is -3.82. The fraction of sp³-hybridized carbons (Fsp3) is 0.208. The summed E-state index contributed by atoms with van der Waals surface area (Å²) in [6, 6.07) is 8.46. The van der Waals surface area contributed by atoms with Crippen molar-refractivity contribution < 1.29 is 26.0 Å². The van der Waals surface area contributed by atoms with Crippen molar-refractivity contribution in [3.63, 3.8) is 0 Å². The van der Waals surface area contributed by atoms with E-state index in [2.05, 4.69) is 16.0 Å². The van der Waals surface area contributed by atoms with Gasteiger partial charge in [0.2, 0.25) is 10.0 Å². The van der Waals surface area contributed by atoms with Crippen LogP contribution < -0.4 is 4.72 Å². The number of alkyl halides is 3. The average molecular weight is 518 g/mol. The number of halogens is 4. The highest BCUT2D eigenvalue weighted by Gasteiger charge is 2.39. The Morgan fingerprint density at radius 2 is 1.94 bits per heavy atom. The van der Waals surface area contributed by atoms with Gasteiger partial charge >= 0.3 is 6.18 Å². The highest BCUT2D eigenvalue weighted by atomic mass is 32.2. The van der Waals surface area contributed by atoms with Gasteiger partial charge in [-0.2, -0.15) is 23.2 Å². The number of hydrogen-bond donors (Lipinski definition) is 1. The molecule has 3 heterocycles. The molecule has 36 heavy (non-hydrogen) atoms. The quantitative estimate of drug-likeness (QED) is 0.367. The van der Waals surface area contributed by atoms with E-state index < -0.39 is 33.0 Å². The van der Waals surface area contributed by atoms with Gasteiger partial charge in [0.15, 0.2) is 0 Å². The molecular weight excluding hydrogens is 498 g/mol. The number of aromatic nitrogens is 3. The first kappa shape index (κ1) is 25.3. The highest BCUT2D eigenvalue weighted by Crippen LogP contribution is 2.36. The van der Waals surface area contributed by atoms with Gasteiger partial charge in [0, 0.05) is 17.8 Å². The van der Waals surface area contributed by atoms with Crippen LogP contribution in [0.1, 0.15) is 25.0 Å². The summed E-state index contributed by atoms with van der Waals surface area (Å²) in [6.45, 7) is 2.48. The molecule has 0 fully saturated rings. The van der Waals surface area contributed by atoms with Crippen molar-refractivity contribution in [2.75, 3.05) is 0 Å². The number of pyridine rings is 2. The van der Waals surface area contributed by atoms with Crippen molar-refractivity contribution in [3.8, 4) is 23.1 Å². The van der Waals surface area contributed by atoms with E-state index in [1.165, 1.54) is 12.1 Å². The summed E-state index contributed by atoms with van der Waals surface area (Å²) >= 11 is 0. The summed E-state index contributed by atoms with van der Waals surface area (Å²) < 4.78 is 81.3. The molecule has 1 aromatic carbocycles. The second-order valence-electron chi connectivity index (χ2n) is 7.96. The molecule has 0 spiro atoms. The Labute approximate surface area is 204 Å². The molecule has 3 aromatic heterocycles. The molecular formula is C24H19F4N5O2S. The summed E-state index contributed by atoms with van der Waals surface area (Å²) in [7, 11) is -4.52. The van der Waals surface area contributed by atoms with Crippen LogP contribution >= 0.6 is 0 Å². The van der Waals surface area contributed by atoms with Crippen molar-refractivity contribution >= 4 is 20.9 Å². The van der Waals surface area contributed by atoms with Crippen LogP contribution in [0.5, 0.6) is 0 Å². The van der Waals surface area contributed by atoms with E-state index in [4.69, 9.17) is 0 Å². The molecule has 1 N–H and O–H groups in total. The van der Waals surface area contributed by atoms with Crippen LogP contribution in [-0.2, 0) is 16.4 Å². The minimum atomic E-state index is -4.76. The molecule has 0 unspecified atom stereocenters. The standard InChI is InChI=1S/C24H19F4N5O2S/c1-3-15-9-22-18(10-20(15)25)19(11-29)23(33(22)16-5-4-8-30-12-16)21-7-6-17(13-31-21)36(34,35)32-14(2)24(26,27)28/h4-10,12-14,32H,3H2,1-2H3/t14-/m0/s1. The second kappa shape index (κ2) is 9.33. The maximum Gasteiger partial charge on any atom is 0.404 e. The fourth-order valence-electron chi connectivity index (χ4n) is 3.78. The fourth-order valence-corrected chi connectivity index (χ4v) is 4.95. The lowest BCUT2D eigenvalue weighted by atomic mass is 10.1. The molecule has 186 valence electrons. The maximum absolute atomic E-state index is 14.7. The monoisotopic (exact) mass is 517 g/mol. The molecule has 0 aliphatic heterocycles. The third kappa shape index (κ3) is 4.55. The molecule has 0 aliphatic carbocycles. The summed E-state index contributed by atoms with van der Waals surface area (Å²) in [5.74, 6) is -0.476. The molecule has 12 heteroatoms. The third-order valence-corrected chi connectivity index (χ3v) is 7.17. The first-order valence-corrected chi connectivity index (χ1v) is 12.2. The summed E-state index contributed by atoms with van der Waals surface area (Å²) in [4.78, 5) is 7.78. The number of nitrogens with one attached hydrogen (secondary N) is 1. The van der Waals surface area contributed by atoms with E-state index in [0.717, 1.165) is 12.3 Å². The van der Waals surface area contributed by atoms with Gasteiger partial charge in [-0.1, -0.05) is 6.92 Å². The van der Waals surface area contributed by atoms with E-state index in [0.29, 0.717) is 35.5 Å². The first-order valence-electron chi connectivity index (χ1n) is 10.7. The van der Waals surface area contributed by atoms with E-state index in [9.17, 15) is 31.2 Å². The number of hydrogen-bond acceptors (Lipinski definition) is 5. The third-order valence-electron chi connectivity index (χ3n) is 5.64. The SMILES string of the molecule is CCc1cc2c(cc1F)c(C#N)c(-c1ccc(S(=O)(=O)N[C@@H](C)C(F)(F)F)cn1)n2-c1cccnc1. The van der Waals surface area contributed by atoms with Gasteiger partial charge in [-0.05, 0) is 55.3 Å². The average Bonchev–Trinajstić information content (AvgIpc) is 3.16. The van der Waals surface area contributed by atoms with Crippen LogP contribution in [0.4, 0.5) is 17.6 Å². The van der Waals surface area contributed by atoms with Crippen molar-refractivity contribution in [1.29, 1.82) is 5.26 Å². The largest absolute Gasteiger partial charge is 0.404 e. The van der Waals surface area contributed by atoms with Crippen LogP contribution in [-0.4, -0.2) is 35.2 Å². The molecule has 4 aromatic rings. The predicted octanol–water partition coefficient (Wildman–Crippen LogP) is 4.89. The molecule has 0 aliphatic rings. The zero-order chi connectivity index (χ0) is 26.3. The number of nitriles is 1. The van der Waals surface area contributed by atoms with Crippen LogP contribution in [0.25, 0.3) is 28.0 Å².